The number of nitro groups is 1. The van der Waals surface area contributed by atoms with E-state index in [9.17, 15) is 14.3 Å². The summed E-state index contributed by atoms with van der Waals surface area (Å²) in [7, 11) is -0.843. The van der Waals surface area contributed by atoms with Crippen molar-refractivity contribution in [1.29, 1.82) is 0 Å². The van der Waals surface area contributed by atoms with E-state index in [1.807, 2.05) is 0 Å². The summed E-state index contributed by atoms with van der Waals surface area (Å²) in [6, 6.07) is 1.40. The molecule has 6 nitrogen and oxygen atoms in total. The van der Waals surface area contributed by atoms with Crippen molar-refractivity contribution < 1.29 is 9.13 Å². The Labute approximate surface area is 110 Å². The lowest BCUT2D eigenvalue weighted by Gasteiger charge is -2.05. The van der Waals surface area contributed by atoms with Crippen LogP contribution in [0.3, 0.4) is 0 Å². The molecule has 0 saturated carbocycles. The molecule has 1 heterocycles. The first-order valence-corrected chi connectivity index (χ1v) is 7.36. The van der Waals surface area contributed by atoms with Gasteiger partial charge in [0, 0.05) is 46.1 Å². The highest BCUT2D eigenvalue weighted by atomic mass is 79.9. The highest BCUT2D eigenvalue weighted by molar-refractivity contribution is 9.10. The van der Waals surface area contributed by atoms with Crippen molar-refractivity contribution in [1.82, 2.24) is 4.98 Å². The number of hydrogen-bond donors (Lipinski definition) is 1. The fourth-order valence-electron chi connectivity index (χ4n) is 1.19. The Balaban J connectivity index is 2.64. The number of anilines is 1. The molecule has 1 aromatic rings. The summed E-state index contributed by atoms with van der Waals surface area (Å²) in [5, 5.41) is 13.6. The molecule has 0 aromatic carbocycles. The monoisotopic (exact) mass is 321 g/mol. The molecule has 1 N–H and O–H groups in total. The van der Waals surface area contributed by atoms with Gasteiger partial charge in [0.05, 0.1) is 4.92 Å². The van der Waals surface area contributed by atoms with Gasteiger partial charge in [-0.1, -0.05) is 0 Å². The zero-order valence-corrected chi connectivity index (χ0v) is 11.6. The molecule has 1 aromatic heterocycles. The summed E-state index contributed by atoms with van der Waals surface area (Å²) in [6.45, 7) is 0.509. The number of rotatable bonds is 6. The van der Waals surface area contributed by atoms with Crippen LogP contribution in [-0.4, -0.2) is 32.7 Å². The van der Waals surface area contributed by atoms with Gasteiger partial charge in [0.25, 0.3) is 0 Å². The number of nitrogens with one attached hydrogen (secondary N) is 1. The smallest absolute Gasteiger partial charge is 0.312 e. The van der Waals surface area contributed by atoms with Gasteiger partial charge in [0.15, 0.2) is 0 Å². The second-order valence-electron chi connectivity index (χ2n) is 3.34. The molecule has 0 aliphatic heterocycles. The predicted molar refractivity (Wildman–Crippen MR) is 70.6 cm³/mol. The van der Waals surface area contributed by atoms with E-state index in [0.717, 1.165) is 0 Å². The average Bonchev–Trinajstić information content (AvgIpc) is 2.25. The summed E-state index contributed by atoms with van der Waals surface area (Å²) >= 11 is 3.13. The molecule has 1 unspecified atom stereocenters. The lowest BCUT2D eigenvalue weighted by atomic mass is 10.4. The van der Waals surface area contributed by atoms with Crippen LogP contribution < -0.4 is 5.32 Å². The van der Waals surface area contributed by atoms with E-state index in [4.69, 9.17) is 0 Å². The van der Waals surface area contributed by atoms with E-state index in [1.165, 1.54) is 12.3 Å². The summed E-state index contributed by atoms with van der Waals surface area (Å²) in [5.74, 6) is 0.803. The molecular formula is C9H12BrN3O3S. The molecule has 8 heteroatoms. The fraction of sp³-hybridized carbons (Fsp3) is 0.444. The van der Waals surface area contributed by atoms with Crippen molar-refractivity contribution in [2.45, 2.75) is 6.42 Å². The molecule has 0 aliphatic carbocycles. The molecule has 0 spiro atoms. The van der Waals surface area contributed by atoms with E-state index in [-0.39, 0.29) is 11.5 Å². The molecule has 1 atom stereocenters. The Morgan fingerprint density at radius 3 is 2.94 bits per heavy atom. The standard InChI is InChI=1S/C9H12BrN3O3S/c1-17(16)4-2-3-11-9-8(13(14)15)5-7(10)6-12-9/h5-6H,2-4H2,1H3,(H,11,12). The maximum Gasteiger partial charge on any atom is 0.312 e. The quantitative estimate of drug-likeness (QED) is 0.491. The highest BCUT2D eigenvalue weighted by Gasteiger charge is 2.15. The van der Waals surface area contributed by atoms with Crippen LogP contribution in [0, 0.1) is 10.1 Å². The fourth-order valence-corrected chi connectivity index (χ4v) is 2.06. The summed E-state index contributed by atoms with van der Waals surface area (Å²) < 4.78 is 11.4. The van der Waals surface area contributed by atoms with Gasteiger partial charge in [-0.3, -0.25) is 14.3 Å². The van der Waals surface area contributed by atoms with Gasteiger partial charge in [-0.05, 0) is 22.4 Å². The van der Waals surface area contributed by atoms with E-state index in [2.05, 4.69) is 26.2 Å². The Hall–Kier alpha value is -1.02. The topological polar surface area (TPSA) is 85.1 Å². The first kappa shape index (κ1) is 14.0. The first-order chi connectivity index (χ1) is 8.00. The lowest BCUT2D eigenvalue weighted by molar-refractivity contribution is -0.384. The van der Waals surface area contributed by atoms with E-state index in [1.54, 1.807) is 6.26 Å². The van der Waals surface area contributed by atoms with Gasteiger partial charge in [-0.15, -0.1) is 0 Å². The molecule has 1 rings (SSSR count). The summed E-state index contributed by atoms with van der Waals surface area (Å²) in [5.41, 5.74) is -0.0722. The third kappa shape index (κ3) is 4.78. The molecule has 0 bridgehead atoms. The van der Waals surface area contributed by atoms with Crippen LogP contribution in [-0.2, 0) is 10.8 Å². The number of hydrogen-bond acceptors (Lipinski definition) is 5. The van der Waals surface area contributed by atoms with E-state index < -0.39 is 15.7 Å². The minimum atomic E-state index is -0.843. The lowest BCUT2D eigenvalue weighted by Crippen LogP contribution is -2.09. The molecule has 0 saturated heterocycles. The van der Waals surface area contributed by atoms with Crippen molar-refractivity contribution in [2.24, 2.45) is 0 Å². The van der Waals surface area contributed by atoms with Crippen LogP contribution in [0.1, 0.15) is 6.42 Å². The summed E-state index contributed by atoms with van der Waals surface area (Å²) in [6.07, 6.45) is 3.80. The Morgan fingerprint density at radius 1 is 1.65 bits per heavy atom. The molecule has 0 radical (unpaired) electrons. The maximum atomic E-state index is 10.8. The van der Waals surface area contributed by atoms with Gasteiger partial charge in [-0.25, -0.2) is 4.98 Å². The van der Waals surface area contributed by atoms with Crippen molar-refractivity contribution in [2.75, 3.05) is 23.9 Å². The van der Waals surface area contributed by atoms with Crippen LogP contribution in [0.15, 0.2) is 16.7 Å². The zero-order valence-electron chi connectivity index (χ0n) is 9.18. The van der Waals surface area contributed by atoms with E-state index >= 15 is 0 Å². The van der Waals surface area contributed by atoms with Gasteiger partial charge in [0.1, 0.15) is 0 Å². The molecule has 0 fully saturated rings. The number of aromatic nitrogens is 1. The molecule has 0 aliphatic rings. The molecule has 0 amide bonds. The molecular weight excluding hydrogens is 310 g/mol. The number of nitrogens with zero attached hydrogens (tertiary/aromatic N) is 2. The van der Waals surface area contributed by atoms with Gasteiger partial charge in [0.2, 0.25) is 5.82 Å². The first-order valence-electron chi connectivity index (χ1n) is 4.84. The van der Waals surface area contributed by atoms with E-state index in [0.29, 0.717) is 23.2 Å². The Kier molecular flexibility index (Phi) is 5.49. The average molecular weight is 322 g/mol. The zero-order chi connectivity index (χ0) is 12.8. The van der Waals surface area contributed by atoms with Crippen molar-refractivity contribution in [3.63, 3.8) is 0 Å². The predicted octanol–water partition coefficient (Wildman–Crippen LogP) is 1.93. The molecule has 94 valence electrons. The Morgan fingerprint density at radius 2 is 2.35 bits per heavy atom. The van der Waals surface area contributed by atoms with Crippen molar-refractivity contribution in [3.05, 3.63) is 26.9 Å². The highest BCUT2D eigenvalue weighted by Crippen LogP contribution is 2.24. The van der Waals surface area contributed by atoms with Crippen LogP contribution in [0.5, 0.6) is 0 Å². The van der Waals surface area contributed by atoms with Crippen LogP contribution >= 0.6 is 15.9 Å². The second-order valence-corrected chi connectivity index (χ2v) is 5.81. The van der Waals surface area contributed by atoms with Crippen LogP contribution in [0.25, 0.3) is 0 Å². The van der Waals surface area contributed by atoms with Gasteiger partial charge < -0.3 is 5.32 Å². The van der Waals surface area contributed by atoms with Gasteiger partial charge >= 0.3 is 5.69 Å². The number of pyridine rings is 1. The third-order valence-corrected chi connectivity index (χ3v) is 3.23. The minimum absolute atomic E-state index is 0.0722. The third-order valence-electron chi connectivity index (χ3n) is 1.93. The maximum absolute atomic E-state index is 10.8. The minimum Gasteiger partial charge on any atom is -0.364 e. The van der Waals surface area contributed by atoms with Crippen LogP contribution in [0.4, 0.5) is 11.5 Å². The SMILES string of the molecule is CS(=O)CCCNc1ncc(Br)cc1[N+](=O)[O-]. The number of halogens is 1. The van der Waals surface area contributed by atoms with Gasteiger partial charge in [-0.2, -0.15) is 0 Å². The molecule has 17 heavy (non-hydrogen) atoms. The largest absolute Gasteiger partial charge is 0.364 e. The van der Waals surface area contributed by atoms with Crippen LogP contribution in [0.2, 0.25) is 0 Å². The van der Waals surface area contributed by atoms with Crippen molar-refractivity contribution in [3.8, 4) is 0 Å². The second kappa shape index (κ2) is 6.65. The summed E-state index contributed by atoms with van der Waals surface area (Å²) in [4.78, 5) is 14.2. The Bertz CT molecular complexity index is 441. The normalized spacial score (nSPS) is 12.1. The van der Waals surface area contributed by atoms with Crippen molar-refractivity contribution >= 4 is 38.2 Å².